The zero-order chi connectivity index (χ0) is 22.4. The van der Waals surface area contributed by atoms with E-state index < -0.39 is 0 Å². The first-order valence-electron chi connectivity index (χ1n) is 14.2. The second kappa shape index (κ2) is 7.44. The average molecular weight is 445 g/mol. The van der Waals surface area contributed by atoms with Crippen molar-refractivity contribution in [2.45, 2.75) is 123 Å². The first-order valence-corrected chi connectivity index (χ1v) is 14.2. The van der Waals surface area contributed by atoms with Crippen LogP contribution >= 0.6 is 0 Å². The summed E-state index contributed by atoms with van der Waals surface area (Å²) >= 11 is 0. The second-order valence-corrected chi connectivity index (χ2v) is 13.8. The molecule has 3 nitrogen and oxygen atoms in total. The lowest BCUT2D eigenvalue weighted by Gasteiger charge is -2.60. The summed E-state index contributed by atoms with van der Waals surface area (Å²) in [5.74, 6) is 5.00. The lowest BCUT2D eigenvalue weighted by Crippen LogP contribution is -2.61. The first-order chi connectivity index (χ1) is 15.2. The minimum Gasteiger partial charge on any atom is -0.365 e. The van der Waals surface area contributed by atoms with E-state index in [2.05, 4.69) is 34.6 Å². The monoisotopic (exact) mass is 444 g/mol. The Morgan fingerprint density at radius 1 is 0.875 bits per heavy atom. The van der Waals surface area contributed by atoms with Gasteiger partial charge in [0.2, 0.25) is 0 Å². The molecule has 6 rings (SSSR count). The molecule has 182 valence electrons. The van der Waals surface area contributed by atoms with Crippen molar-refractivity contribution in [1.82, 2.24) is 0 Å². The Bertz CT molecular complexity index is 728. The van der Waals surface area contributed by atoms with Gasteiger partial charge in [-0.25, -0.2) is 0 Å². The quantitative estimate of drug-likeness (QED) is 0.429. The minimum absolute atomic E-state index is 0.0483. The van der Waals surface area contributed by atoms with Crippen molar-refractivity contribution in [3.8, 4) is 0 Å². The molecule has 2 heterocycles. The molecule has 0 bridgehead atoms. The van der Waals surface area contributed by atoms with Crippen LogP contribution in [0.4, 0.5) is 0 Å². The Hall–Kier alpha value is -0.120. The topological polar surface area (TPSA) is 31.0 Å². The van der Waals surface area contributed by atoms with E-state index in [1.807, 2.05) is 0 Å². The van der Waals surface area contributed by atoms with Crippen molar-refractivity contribution in [3.05, 3.63) is 0 Å². The summed E-state index contributed by atoms with van der Waals surface area (Å²) in [6.07, 6.45) is 15.1. The van der Waals surface area contributed by atoms with E-state index in [4.69, 9.17) is 14.2 Å². The molecule has 2 saturated heterocycles. The molecule has 9 atom stereocenters. The SMILES string of the molecule is CC(C)CCC[C@@H](C)[C@H]1CC[C@H]2[C@@H]3C[C@H]4O[C@]45CC4(CC[C@]5(C)[C@H]3CC[C@]12C)OCCO4. The van der Waals surface area contributed by atoms with Crippen molar-refractivity contribution in [1.29, 1.82) is 0 Å². The maximum absolute atomic E-state index is 6.72. The molecule has 0 N–H and O–H groups in total. The zero-order valence-electron chi connectivity index (χ0n) is 21.5. The molecule has 4 saturated carbocycles. The number of epoxide rings is 1. The van der Waals surface area contributed by atoms with Crippen molar-refractivity contribution in [2.75, 3.05) is 13.2 Å². The van der Waals surface area contributed by atoms with E-state index in [-0.39, 0.29) is 11.4 Å². The Kier molecular flexibility index (Phi) is 5.20. The van der Waals surface area contributed by atoms with Crippen LogP contribution in [-0.2, 0) is 14.2 Å². The molecule has 4 aliphatic carbocycles. The molecule has 0 aromatic heterocycles. The van der Waals surface area contributed by atoms with Crippen molar-refractivity contribution in [2.24, 2.45) is 46.3 Å². The predicted molar refractivity (Wildman–Crippen MR) is 127 cm³/mol. The molecule has 3 heteroatoms. The standard InChI is InChI=1S/C29H48O3/c1-19(2)7-6-8-20(3)22-9-10-23-21-17-25-29(32-25)18-28(30-15-16-31-28)14-13-27(29,5)24(21)11-12-26(22,23)4/h19-25H,6-18H2,1-5H3/t20-,21+,22-,23+,24+,25-,26-,27-,29-/m1/s1. The highest BCUT2D eigenvalue weighted by Gasteiger charge is 2.78. The van der Waals surface area contributed by atoms with Crippen LogP contribution in [0.25, 0.3) is 0 Å². The molecule has 0 amide bonds. The Labute approximate surface area is 196 Å². The van der Waals surface area contributed by atoms with Crippen LogP contribution < -0.4 is 0 Å². The molecule has 0 aromatic carbocycles. The van der Waals surface area contributed by atoms with E-state index in [1.165, 1.54) is 57.8 Å². The van der Waals surface area contributed by atoms with Gasteiger partial charge in [-0.2, -0.15) is 0 Å². The Balaban J connectivity index is 1.20. The van der Waals surface area contributed by atoms with Gasteiger partial charge in [-0.05, 0) is 79.4 Å². The van der Waals surface area contributed by atoms with Crippen LogP contribution in [0.15, 0.2) is 0 Å². The fourth-order valence-corrected chi connectivity index (χ4v) is 10.4. The first kappa shape index (κ1) is 22.4. The maximum Gasteiger partial charge on any atom is 0.171 e. The summed E-state index contributed by atoms with van der Waals surface area (Å²) in [7, 11) is 0. The largest absolute Gasteiger partial charge is 0.365 e. The van der Waals surface area contributed by atoms with Crippen LogP contribution in [0.2, 0.25) is 0 Å². The molecule has 0 unspecified atom stereocenters. The summed E-state index contributed by atoms with van der Waals surface area (Å²) in [5.41, 5.74) is 0.938. The summed E-state index contributed by atoms with van der Waals surface area (Å²) in [6.45, 7) is 14.2. The number of hydrogen-bond donors (Lipinski definition) is 0. The van der Waals surface area contributed by atoms with E-state index >= 15 is 0 Å². The van der Waals surface area contributed by atoms with Crippen LogP contribution in [0.3, 0.4) is 0 Å². The second-order valence-electron chi connectivity index (χ2n) is 13.8. The molecular formula is C29H48O3. The van der Waals surface area contributed by atoms with Crippen LogP contribution in [-0.4, -0.2) is 30.7 Å². The third-order valence-electron chi connectivity index (χ3n) is 12.1. The van der Waals surface area contributed by atoms with E-state index in [0.29, 0.717) is 16.9 Å². The zero-order valence-corrected chi connectivity index (χ0v) is 21.5. The number of fused-ring (bicyclic) bond motifs is 4. The highest BCUT2D eigenvalue weighted by atomic mass is 16.7. The molecule has 6 fully saturated rings. The number of hydrogen-bond acceptors (Lipinski definition) is 3. The van der Waals surface area contributed by atoms with Gasteiger partial charge in [-0.15, -0.1) is 0 Å². The maximum atomic E-state index is 6.72. The number of ether oxygens (including phenoxy) is 3. The lowest BCUT2D eigenvalue weighted by molar-refractivity contribution is -0.227. The fraction of sp³-hybridized carbons (Fsp3) is 1.00. The van der Waals surface area contributed by atoms with Crippen molar-refractivity contribution >= 4 is 0 Å². The van der Waals surface area contributed by atoms with Gasteiger partial charge in [-0.1, -0.05) is 53.9 Å². The summed E-state index contributed by atoms with van der Waals surface area (Å²) in [6, 6.07) is 0. The summed E-state index contributed by atoms with van der Waals surface area (Å²) in [5, 5.41) is 0. The molecular weight excluding hydrogens is 396 g/mol. The van der Waals surface area contributed by atoms with Crippen molar-refractivity contribution in [3.63, 3.8) is 0 Å². The van der Waals surface area contributed by atoms with Gasteiger partial charge in [0.15, 0.2) is 5.79 Å². The molecule has 0 radical (unpaired) electrons. The molecule has 2 spiro atoms. The van der Waals surface area contributed by atoms with Gasteiger partial charge in [0.25, 0.3) is 0 Å². The van der Waals surface area contributed by atoms with Gasteiger partial charge in [0.1, 0.15) is 5.60 Å². The van der Waals surface area contributed by atoms with Gasteiger partial charge < -0.3 is 14.2 Å². The van der Waals surface area contributed by atoms with E-state index in [0.717, 1.165) is 61.6 Å². The Morgan fingerprint density at radius 3 is 2.41 bits per heavy atom. The summed E-state index contributed by atoms with van der Waals surface area (Å²) < 4.78 is 19.1. The highest BCUT2D eigenvalue weighted by molar-refractivity contribution is 5.25. The molecule has 0 aromatic rings. The van der Waals surface area contributed by atoms with Gasteiger partial charge in [0.05, 0.1) is 19.3 Å². The van der Waals surface area contributed by atoms with E-state index in [1.54, 1.807) is 0 Å². The van der Waals surface area contributed by atoms with Crippen LogP contribution in [0.1, 0.15) is 105 Å². The Morgan fingerprint density at radius 2 is 1.66 bits per heavy atom. The fourth-order valence-electron chi connectivity index (χ4n) is 10.4. The number of rotatable bonds is 5. The molecule has 6 aliphatic rings. The third kappa shape index (κ3) is 3.02. The highest BCUT2D eigenvalue weighted by Crippen LogP contribution is 2.75. The van der Waals surface area contributed by atoms with Crippen LogP contribution in [0, 0.1) is 46.3 Å². The lowest BCUT2D eigenvalue weighted by atomic mass is 9.44. The summed E-state index contributed by atoms with van der Waals surface area (Å²) in [4.78, 5) is 0. The predicted octanol–water partition coefficient (Wildman–Crippen LogP) is 6.98. The van der Waals surface area contributed by atoms with Gasteiger partial charge >= 0.3 is 0 Å². The van der Waals surface area contributed by atoms with Gasteiger partial charge in [-0.3, -0.25) is 0 Å². The van der Waals surface area contributed by atoms with E-state index in [9.17, 15) is 0 Å². The third-order valence-corrected chi connectivity index (χ3v) is 12.1. The normalized spacial score (nSPS) is 51.8. The molecule has 2 aliphatic heterocycles. The van der Waals surface area contributed by atoms with Crippen LogP contribution in [0.5, 0.6) is 0 Å². The van der Waals surface area contributed by atoms with Gasteiger partial charge in [0, 0.05) is 18.3 Å². The smallest absolute Gasteiger partial charge is 0.171 e. The minimum atomic E-state index is -0.325. The molecule has 32 heavy (non-hydrogen) atoms. The van der Waals surface area contributed by atoms with Crippen molar-refractivity contribution < 1.29 is 14.2 Å². The average Bonchev–Trinajstić information content (AvgIpc) is 3.07.